The van der Waals surface area contributed by atoms with Crippen LogP contribution in [0.3, 0.4) is 0 Å². The van der Waals surface area contributed by atoms with Crippen molar-refractivity contribution in [2.24, 2.45) is 5.92 Å². The Morgan fingerprint density at radius 3 is 2.87 bits per heavy atom. The highest BCUT2D eigenvalue weighted by atomic mass is 35.5. The average Bonchev–Trinajstić information content (AvgIpc) is 2.50. The number of hydrogen-bond acceptors (Lipinski definition) is 3. The van der Waals surface area contributed by atoms with E-state index in [2.05, 4.69) is 30.5 Å². The highest BCUT2D eigenvalue weighted by Gasteiger charge is 2.23. The summed E-state index contributed by atoms with van der Waals surface area (Å²) >= 11 is 0. The minimum Gasteiger partial charge on any atom is -0.496 e. The number of carbonyl (C=O) groups is 1. The zero-order valence-corrected chi connectivity index (χ0v) is 15.1. The van der Waals surface area contributed by atoms with Crippen molar-refractivity contribution in [2.75, 3.05) is 13.7 Å². The number of halogens is 1. The maximum atomic E-state index is 12.2. The van der Waals surface area contributed by atoms with Crippen molar-refractivity contribution in [3.8, 4) is 5.75 Å². The van der Waals surface area contributed by atoms with E-state index in [1.54, 1.807) is 7.11 Å². The van der Waals surface area contributed by atoms with E-state index < -0.39 is 0 Å². The molecule has 3 atom stereocenters. The molecule has 0 spiro atoms. The van der Waals surface area contributed by atoms with Gasteiger partial charge in [-0.25, -0.2) is 0 Å². The topological polar surface area (TPSA) is 50.4 Å². The molecule has 1 heterocycles. The van der Waals surface area contributed by atoms with E-state index in [9.17, 15) is 4.79 Å². The van der Waals surface area contributed by atoms with E-state index in [-0.39, 0.29) is 24.4 Å². The number of hydrogen-bond donors (Lipinski definition) is 2. The molecular weight excluding hydrogens is 312 g/mol. The van der Waals surface area contributed by atoms with Gasteiger partial charge in [0.05, 0.1) is 7.11 Å². The highest BCUT2D eigenvalue weighted by Crippen LogP contribution is 2.22. The van der Waals surface area contributed by atoms with E-state index in [0.29, 0.717) is 18.4 Å². The van der Waals surface area contributed by atoms with E-state index in [0.717, 1.165) is 37.1 Å². The van der Waals surface area contributed by atoms with Crippen LogP contribution in [0.2, 0.25) is 0 Å². The van der Waals surface area contributed by atoms with Gasteiger partial charge in [-0.05, 0) is 50.3 Å². The molecule has 23 heavy (non-hydrogen) atoms. The van der Waals surface area contributed by atoms with Crippen molar-refractivity contribution in [1.82, 2.24) is 10.6 Å². The van der Waals surface area contributed by atoms with Gasteiger partial charge in [0.25, 0.3) is 0 Å². The van der Waals surface area contributed by atoms with Crippen molar-refractivity contribution in [3.63, 3.8) is 0 Å². The molecular formula is C18H29ClN2O2. The summed E-state index contributed by atoms with van der Waals surface area (Å²) in [6.45, 7) is 5.31. The molecule has 5 heteroatoms. The van der Waals surface area contributed by atoms with E-state index in [1.165, 1.54) is 0 Å². The van der Waals surface area contributed by atoms with Crippen LogP contribution in [-0.4, -0.2) is 31.6 Å². The van der Waals surface area contributed by atoms with Crippen molar-refractivity contribution in [2.45, 2.75) is 51.6 Å². The minimum atomic E-state index is 0. The number of piperidine rings is 1. The molecule has 3 unspecified atom stereocenters. The normalized spacial score (nSPS) is 21.9. The maximum Gasteiger partial charge on any atom is 0.220 e. The van der Waals surface area contributed by atoms with E-state index in [1.807, 2.05) is 18.2 Å². The van der Waals surface area contributed by atoms with Gasteiger partial charge in [0.15, 0.2) is 0 Å². The Morgan fingerprint density at radius 1 is 1.43 bits per heavy atom. The number of ether oxygens (including phenoxy) is 1. The summed E-state index contributed by atoms with van der Waals surface area (Å²) < 4.78 is 5.38. The SMILES string of the molecule is COc1ccccc1CC(C)CC(=O)NC1CCCNC1C.Cl. The van der Waals surface area contributed by atoms with Crippen LogP contribution in [0.5, 0.6) is 5.75 Å². The van der Waals surface area contributed by atoms with Crippen molar-refractivity contribution in [3.05, 3.63) is 29.8 Å². The third-order valence-electron chi connectivity index (χ3n) is 4.40. The molecule has 4 nitrogen and oxygen atoms in total. The van der Waals surface area contributed by atoms with Gasteiger partial charge in [0, 0.05) is 18.5 Å². The number of carbonyl (C=O) groups excluding carboxylic acids is 1. The molecule has 1 fully saturated rings. The molecule has 0 radical (unpaired) electrons. The Morgan fingerprint density at radius 2 is 2.17 bits per heavy atom. The Bertz CT molecular complexity index is 496. The lowest BCUT2D eigenvalue weighted by molar-refractivity contribution is -0.123. The summed E-state index contributed by atoms with van der Waals surface area (Å²) in [4.78, 5) is 12.2. The molecule has 0 aromatic heterocycles. The summed E-state index contributed by atoms with van der Waals surface area (Å²) in [7, 11) is 1.69. The highest BCUT2D eigenvalue weighted by molar-refractivity contribution is 5.85. The van der Waals surface area contributed by atoms with Crippen molar-refractivity contribution >= 4 is 18.3 Å². The van der Waals surface area contributed by atoms with Gasteiger partial charge < -0.3 is 15.4 Å². The van der Waals surface area contributed by atoms with Gasteiger partial charge in [-0.15, -0.1) is 12.4 Å². The van der Waals surface area contributed by atoms with Crippen molar-refractivity contribution < 1.29 is 9.53 Å². The molecule has 1 aromatic carbocycles. The summed E-state index contributed by atoms with van der Waals surface area (Å²) in [6.07, 6.45) is 3.62. The molecule has 2 rings (SSSR count). The molecule has 1 saturated heterocycles. The van der Waals surface area contributed by atoms with Crippen LogP contribution in [-0.2, 0) is 11.2 Å². The van der Waals surface area contributed by atoms with Gasteiger partial charge in [0.2, 0.25) is 5.91 Å². The van der Waals surface area contributed by atoms with Crippen LogP contribution in [0.15, 0.2) is 24.3 Å². The van der Waals surface area contributed by atoms with Gasteiger partial charge in [-0.3, -0.25) is 4.79 Å². The second-order valence-corrected chi connectivity index (χ2v) is 6.38. The standard InChI is InChI=1S/C18H28N2O2.ClH/c1-13(11-15-7-4-5-9-17(15)22-3)12-18(21)20-16-8-6-10-19-14(16)2;/h4-5,7,9,13-14,16,19H,6,8,10-12H2,1-3H3,(H,20,21);1H. The molecule has 1 amide bonds. The van der Waals surface area contributed by atoms with Crippen LogP contribution < -0.4 is 15.4 Å². The fourth-order valence-electron chi connectivity index (χ4n) is 3.14. The molecule has 1 aromatic rings. The second-order valence-electron chi connectivity index (χ2n) is 6.38. The first-order valence-corrected chi connectivity index (χ1v) is 8.24. The quantitative estimate of drug-likeness (QED) is 0.837. The Balaban J connectivity index is 0.00000264. The number of rotatable bonds is 6. The largest absolute Gasteiger partial charge is 0.496 e. The molecule has 1 aliphatic heterocycles. The van der Waals surface area contributed by atoms with Crippen LogP contribution in [0, 0.1) is 5.92 Å². The van der Waals surface area contributed by atoms with Gasteiger partial charge >= 0.3 is 0 Å². The van der Waals surface area contributed by atoms with E-state index in [4.69, 9.17) is 4.74 Å². The fourth-order valence-corrected chi connectivity index (χ4v) is 3.14. The first-order valence-electron chi connectivity index (χ1n) is 8.24. The number of amides is 1. The first kappa shape index (κ1) is 19.8. The molecule has 0 aliphatic carbocycles. The second kappa shape index (κ2) is 9.78. The summed E-state index contributed by atoms with van der Waals surface area (Å²) in [6, 6.07) is 8.65. The predicted molar refractivity (Wildman–Crippen MR) is 96.4 cm³/mol. The third-order valence-corrected chi connectivity index (χ3v) is 4.40. The monoisotopic (exact) mass is 340 g/mol. The van der Waals surface area contributed by atoms with Crippen LogP contribution >= 0.6 is 12.4 Å². The zero-order chi connectivity index (χ0) is 15.9. The number of para-hydroxylation sites is 1. The van der Waals surface area contributed by atoms with Crippen molar-refractivity contribution in [1.29, 1.82) is 0 Å². The first-order chi connectivity index (χ1) is 10.6. The van der Waals surface area contributed by atoms with E-state index >= 15 is 0 Å². The molecule has 2 N–H and O–H groups in total. The number of methoxy groups -OCH3 is 1. The van der Waals surface area contributed by atoms with Gasteiger partial charge in [-0.2, -0.15) is 0 Å². The third kappa shape index (κ3) is 6.04. The van der Waals surface area contributed by atoms with Crippen LogP contribution in [0.1, 0.15) is 38.7 Å². The number of benzene rings is 1. The lowest BCUT2D eigenvalue weighted by atomic mass is 9.95. The smallest absolute Gasteiger partial charge is 0.220 e. The van der Waals surface area contributed by atoms with Gasteiger partial charge in [-0.1, -0.05) is 25.1 Å². The average molecular weight is 341 g/mol. The summed E-state index contributed by atoms with van der Waals surface area (Å²) in [5.74, 6) is 1.35. The molecule has 130 valence electrons. The summed E-state index contributed by atoms with van der Waals surface area (Å²) in [5, 5.41) is 6.60. The Labute approximate surface area is 145 Å². The lowest BCUT2D eigenvalue weighted by Gasteiger charge is -2.31. The Hall–Kier alpha value is -1.26. The zero-order valence-electron chi connectivity index (χ0n) is 14.3. The van der Waals surface area contributed by atoms with Crippen LogP contribution in [0.25, 0.3) is 0 Å². The minimum absolute atomic E-state index is 0. The van der Waals surface area contributed by atoms with Crippen LogP contribution in [0.4, 0.5) is 0 Å². The maximum absolute atomic E-state index is 12.2. The molecule has 0 bridgehead atoms. The fraction of sp³-hybridized carbons (Fsp3) is 0.611. The Kier molecular flexibility index (Phi) is 8.42. The lowest BCUT2D eigenvalue weighted by Crippen LogP contribution is -2.52. The molecule has 1 aliphatic rings. The summed E-state index contributed by atoms with van der Waals surface area (Å²) in [5.41, 5.74) is 1.16. The van der Waals surface area contributed by atoms with Gasteiger partial charge in [0.1, 0.15) is 5.75 Å². The predicted octanol–water partition coefficient (Wildman–Crippen LogP) is 2.94. The molecule has 0 saturated carbocycles. The number of nitrogens with one attached hydrogen (secondary N) is 2.